The van der Waals surface area contributed by atoms with Crippen LogP contribution in [0, 0.1) is 13.8 Å². The van der Waals surface area contributed by atoms with Crippen LogP contribution in [0.15, 0.2) is 47.6 Å². The van der Waals surface area contributed by atoms with Crippen LogP contribution >= 0.6 is 23.4 Å². The number of ketones is 1. The fourth-order valence-corrected chi connectivity index (χ4v) is 3.71. The van der Waals surface area contributed by atoms with Crippen molar-refractivity contribution in [2.45, 2.75) is 31.2 Å². The lowest BCUT2D eigenvalue weighted by molar-refractivity contribution is 0.0993. The third-order valence-electron chi connectivity index (χ3n) is 4.25. The van der Waals surface area contributed by atoms with E-state index in [1.165, 1.54) is 11.8 Å². The predicted octanol–water partition coefficient (Wildman–Crippen LogP) is 5.12. The number of aromatic nitrogens is 3. The Balaban J connectivity index is 1.82. The molecule has 26 heavy (non-hydrogen) atoms. The monoisotopic (exact) mass is 385 g/mol. The number of hydrogen-bond donors (Lipinski definition) is 0. The Bertz CT molecular complexity index is 950. The van der Waals surface area contributed by atoms with Gasteiger partial charge in [-0.1, -0.05) is 41.1 Å². The third-order valence-corrected chi connectivity index (χ3v) is 5.63. The van der Waals surface area contributed by atoms with Crippen LogP contribution in [0.2, 0.25) is 5.02 Å². The summed E-state index contributed by atoms with van der Waals surface area (Å²) in [7, 11) is 1.90. The van der Waals surface area contributed by atoms with Crippen LogP contribution < -0.4 is 0 Å². The van der Waals surface area contributed by atoms with E-state index in [1.54, 1.807) is 0 Å². The van der Waals surface area contributed by atoms with E-state index in [-0.39, 0.29) is 11.0 Å². The second-order valence-corrected chi connectivity index (χ2v) is 8.06. The van der Waals surface area contributed by atoms with Crippen molar-refractivity contribution >= 4 is 29.1 Å². The van der Waals surface area contributed by atoms with Crippen LogP contribution in [0.25, 0.3) is 11.4 Å². The summed E-state index contributed by atoms with van der Waals surface area (Å²) < 4.78 is 1.90. The summed E-state index contributed by atoms with van der Waals surface area (Å²) >= 11 is 7.37. The van der Waals surface area contributed by atoms with Gasteiger partial charge in [-0.2, -0.15) is 0 Å². The summed E-state index contributed by atoms with van der Waals surface area (Å²) in [4.78, 5) is 12.9. The second-order valence-electron chi connectivity index (χ2n) is 6.31. The van der Waals surface area contributed by atoms with Gasteiger partial charge in [-0.3, -0.25) is 4.79 Å². The number of halogens is 1. The zero-order valence-corrected chi connectivity index (χ0v) is 16.7. The van der Waals surface area contributed by atoms with E-state index in [0.29, 0.717) is 10.2 Å². The summed E-state index contributed by atoms with van der Waals surface area (Å²) in [5.74, 6) is 0.850. The average Bonchev–Trinajstić information content (AvgIpc) is 2.98. The molecule has 1 heterocycles. The van der Waals surface area contributed by atoms with Crippen molar-refractivity contribution in [2.24, 2.45) is 7.05 Å². The molecule has 6 heteroatoms. The van der Waals surface area contributed by atoms with Gasteiger partial charge in [-0.05, 0) is 56.7 Å². The maximum absolute atomic E-state index is 12.9. The van der Waals surface area contributed by atoms with Gasteiger partial charge in [-0.15, -0.1) is 10.2 Å². The Morgan fingerprint density at radius 2 is 1.81 bits per heavy atom. The largest absolute Gasteiger partial charge is 0.305 e. The summed E-state index contributed by atoms with van der Waals surface area (Å²) in [6, 6.07) is 13.4. The van der Waals surface area contributed by atoms with E-state index in [4.69, 9.17) is 11.6 Å². The SMILES string of the molecule is Cc1ccc(C)c(C(=O)[C@@H](C)Sc2nnc(-c3ccc(Cl)cc3)n2C)c1. The molecule has 0 amide bonds. The minimum Gasteiger partial charge on any atom is -0.305 e. The highest BCUT2D eigenvalue weighted by molar-refractivity contribution is 8.00. The van der Waals surface area contributed by atoms with Crippen molar-refractivity contribution < 1.29 is 4.79 Å². The maximum atomic E-state index is 12.9. The smallest absolute Gasteiger partial charge is 0.191 e. The van der Waals surface area contributed by atoms with E-state index in [0.717, 1.165) is 28.1 Å². The number of benzene rings is 2. The zero-order chi connectivity index (χ0) is 18.8. The topological polar surface area (TPSA) is 47.8 Å². The second kappa shape index (κ2) is 7.64. The highest BCUT2D eigenvalue weighted by Gasteiger charge is 2.21. The van der Waals surface area contributed by atoms with Gasteiger partial charge < -0.3 is 4.57 Å². The molecule has 4 nitrogen and oxygen atoms in total. The quantitative estimate of drug-likeness (QED) is 0.452. The number of nitrogens with zero attached hydrogens (tertiary/aromatic N) is 3. The minimum absolute atomic E-state index is 0.104. The molecule has 0 aliphatic heterocycles. The Kier molecular flexibility index (Phi) is 5.49. The number of thioether (sulfide) groups is 1. The predicted molar refractivity (Wildman–Crippen MR) is 107 cm³/mol. The molecule has 0 fully saturated rings. The number of aryl methyl sites for hydroxylation is 2. The van der Waals surface area contributed by atoms with Crippen molar-refractivity contribution in [1.29, 1.82) is 0 Å². The van der Waals surface area contributed by atoms with Gasteiger partial charge in [-0.25, -0.2) is 0 Å². The molecule has 0 saturated heterocycles. The Morgan fingerprint density at radius 3 is 2.50 bits per heavy atom. The van der Waals surface area contributed by atoms with Crippen LogP contribution in [0.5, 0.6) is 0 Å². The van der Waals surface area contributed by atoms with Crippen molar-refractivity contribution in [3.05, 3.63) is 64.2 Å². The molecule has 134 valence electrons. The van der Waals surface area contributed by atoms with Crippen LogP contribution in [0.4, 0.5) is 0 Å². The van der Waals surface area contributed by atoms with Gasteiger partial charge in [0.2, 0.25) is 0 Å². The fourth-order valence-electron chi connectivity index (χ4n) is 2.70. The molecule has 2 aromatic carbocycles. The highest BCUT2D eigenvalue weighted by atomic mass is 35.5. The number of rotatable bonds is 5. The standard InChI is InChI=1S/C20H20ClN3OS/c1-12-5-6-13(2)17(11-12)18(25)14(3)26-20-23-22-19(24(20)4)15-7-9-16(21)10-8-15/h5-11,14H,1-4H3/t14-/m1/s1. The van der Waals surface area contributed by atoms with Crippen LogP contribution in [-0.2, 0) is 7.05 Å². The van der Waals surface area contributed by atoms with Crippen molar-refractivity contribution in [1.82, 2.24) is 14.8 Å². The first kappa shape index (κ1) is 18.7. The van der Waals surface area contributed by atoms with E-state index >= 15 is 0 Å². The molecule has 0 spiro atoms. The molecule has 0 aliphatic carbocycles. The van der Waals surface area contributed by atoms with Gasteiger partial charge >= 0.3 is 0 Å². The Hall–Kier alpha value is -2.11. The van der Waals surface area contributed by atoms with Crippen molar-refractivity contribution in [2.75, 3.05) is 0 Å². The maximum Gasteiger partial charge on any atom is 0.191 e. The van der Waals surface area contributed by atoms with E-state index in [9.17, 15) is 4.79 Å². The molecular formula is C20H20ClN3OS. The molecule has 3 rings (SSSR count). The lowest BCUT2D eigenvalue weighted by Crippen LogP contribution is -2.16. The van der Waals surface area contributed by atoms with Gasteiger partial charge in [0.25, 0.3) is 0 Å². The van der Waals surface area contributed by atoms with E-state index in [2.05, 4.69) is 10.2 Å². The summed E-state index contributed by atoms with van der Waals surface area (Å²) in [5, 5.41) is 9.67. The molecular weight excluding hydrogens is 366 g/mol. The first-order valence-corrected chi connectivity index (χ1v) is 9.56. The first-order chi connectivity index (χ1) is 12.4. The minimum atomic E-state index is -0.253. The molecule has 1 atom stereocenters. The summed E-state index contributed by atoms with van der Waals surface area (Å²) in [5.41, 5.74) is 3.78. The van der Waals surface area contributed by atoms with Gasteiger partial charge in [0, 0.05) is 23.2 Å². The molecule has 3 aromatic rings. The first-order valence-electron chi connectivity index (χ1n) is 8.30. The number of carbonyl (C=O) groups is 1. The highest BCUT2D eigenvalue weighted by Crippen LogP contribution is 2.28. The molecule has 0 bridgehead atoms. The molecule has 1 aromatic heterocycles. The molecule has 0 unspecified atom stereocenters. The lowest BCUT2D eigenvalue weighted by atomic mass is 10.0. The zero-order valence-electron chi connectivity index (χ0n) is 15.2. The third kappa shape index (κ3) is 3.84. The normalized spacial score (nSPS) is 12.2. The summed E-state index contributed by atoms with van der Waals surface area (Å²) in [6.07, 6.45) is 0. The van der Waals surface area contributed by atoms with E-state index < -0.39 is 0 Å². The fraction of sp³-hybridized carbons (Fsp3) is 0.250. The van der Waals surface area contributed by atoms with Crippen LogP contribution in [-0.4, -0.2) is 25.8 Å². The van der Waals surface area contributed by atoms with Gasteiger partial charge in [0.05, 0.1) is 5.25 Å². The van der Waals surface area contributed by atoms with Crippen molar-refractivity contribution in [3.8, 4) is 11.4 Å². The van der Waals surface area contributed by atoms with E-state index in [1.807, 2.05) is 74.9 Å². The Morgan fingerprint density at radius 1 is 1.12 bits per heavy atom. The van der Waals surface area contributed by atoms with Crippen LogP contribution in [0.3, 0.4) is 0 Å². The van der Waals surface area contributed by atoms with Gasteiger partial charge in [0.15, 0.2) is 16.8 Å². The number of hydrogen-bond acceptors (Lipinski definition) is 4. The lowest BCUT2D eigenvalue weighted by Gasteiger charge is -2.12. The molecule has 0 radical (unpaired) electrons. The van der Waals surface area contributed by atoms with Crippen molar-refractivity contribution in [3.63, 3.8) is 0 Å². The number of carbonyl (C=O) groups excluding carboxylic acids is 1. The molecule has 0 saturated carbocycles. The molecule has 0 N–H and O–H groups in total. The average molecular weight is 386 g/mol. The van der Waals surface area contributed by atoms with Gasteiger partial charge in [0.1, 0.15) is 0 Å². The number of Topliss-reactive ketones (excluding diaryl/α,β-unsaturated/α-hetero) is 1. The Labute approximate surface area is 162 Å². The summed E-state index contributed by atoms with van der Waals surface area (Å²) in [6.45, 7) is 5.87. The molecule has 0 aliphatic rings. The van der Waals surface area contributed by atoms with Crippen LogP contribution in [0.1, 0.15) is 28.4 Å².